The molecule has 0 rings (SSSR count). The Balaban J connectivity index is 5.24. The first-order valence-corrected chi connectivity index (χ1v) is 14.6. The fourth-order valence-corrected chi connectivity index (χ4v) is 7.38. The van der Waals surface area contributed by atoms with Crippen molar-refractivity contribution >= 4 is 23.5 Å². The first kappa shape index (κ1) is 29.7. The van der Waals surface area contributed by atoms with E-state index in [9.17, 15) is 4.79 Å². The minimum absolute atomic E-state index is 0.0918. The van der Waals surface area contributed by atoms with Gasteiger partial charge in [0.05, 0.1) is 0 Å². The number of hydrogen-bond acceptors (Lipinski definition) is 7. The largest absolute Gasteiger partial charge is 0.500 e. The summed E-state index contributed by atoms with van der Waals surface area (Å²) in [5, 5.41) is 0. The van der Waals surface area contributed by atoms with Crippen LogP contribution in [-0.4, -0.2) is 84.7 Å². The molecule has 0 aromatic heterocycles. The maximum absolute atomic E-state index is 11.7. The SMILES string of the molecule is CCC(CCC[Si](OC)(OC)OC)(CCC[Si](OC)(OC)OC)CCN(C)C(C)=O. The second-order valence-corrected chi connectivity index (χ2v) is 14.0. The molecule has 0 spiro atoms. The van der Waals surface area contributed by atoms with Crippen LogP contribution in [0, 0.1) is 5.41 Å². The Kier molecular flexibility index (Phi) is 14.5. The van der Waals surface area contributed by atoms with Gasteiger partial charge >= 0.3 is 17.6 Å². The number of carbonyl (C=O) groups is 1. The second kappa shape index (κ2) is 14.7. The van der Waals surface area contributed by atoms with Crippen molar-refractivity contribution in [3.8, 4) is 0 Å². The van der Waals surface area contributed by atoms with Gasteiger partial charge in [-0.05, 0) is 37.5 Å². The van der Waals surface area contributed by atoms with Gasteiger partial charge in [-0.15, -0.1) is 0 Å². The summed E-state index contributed by atoms with van der Waals surface area (Å²) in [4.78, 5) is 13.5. The lowest BCUT2D eigenvalue weighted by atomic mass is 9.74. The molecule has 30 heavy (non-hydrogen) atoms. The molecule has 0 atom stereocenters. The van der Waals surface area contributed by atoms with Gasteiger partial charge in [0.1, 0.15) is 0 Å². The predicted octanol–water partition coefficient (Wildman–Crippen LogP) is 3.57. The van der Waals surface area contributed by atoms with Crippen LogP contribution in [0.15, 0.2) is 0 Å². The van der Waals surface area contributed by atoms with E-state index >= 15 is 0 Å². The molecule has 0 aliphatic heterocycles. The highest BCUT2D eigenvalue weighted by Crippen LogP contribution is 2.40. The number of amides is 1. The molecule has 0 unspecified atom stereocenters. The Morgan fingerprint density at radius 3 is 1.40 bits per heavy atom. The summed E-state index contributed by atoms with van der Waals surface area (Å²) in [5.74, 6) is 0.0918. The third-order valence-electron chi connectivity index (χ3n) is 6.51. The molecule has 0 aliphatic rings. The molecule has 0 aromatic carbocycles. The average molecular weight is 468 g/mol. The van der Waals surface area contributed by atoms with Crippen LogP contribution in [0.5, 0.6) is 0 Å². The highest BCUT2D eigenvalue weighted by molar-refractivity contribution is 6.60. The Labute approximate surface area is 186 Å². The zero-order valence-corrected chi connectivity index (χ0v) is 22.7. The summed E-state index contributed by atoms with van der Waals surface area (Å²) < 4.78 is 33.5. The highest BCUT2D eigenvalue weighted by Gasteiger charge is 2.40. The lowest BCUT2D eigenvalue weighted by Gasteiger charge is -2.36. The molecule has 0 fully saturated rings. The molecule has 0 saturated carbocycles. The van der Waals surface area contributed by atoms with Gasteiger partial charge in [0.15, 0.2) is 0 Å². The summed E-state index contributed by atoms with van der Waals surface area (Å²) >= 11 is 0. The Morgan fingerprint density at radius 2 is 1.13 bits per heavy atom. The molecule has 0 aromatic rings. The van der Waals surface area contributed by atoms with Crippen molar-refractivity contribution < 1.29 is 31.4 Å². The van der Waals surface area contributed by atoms with Gasteiger partial charge in [-0.1, -0.05) is 13.3 Å². The zero-order chi connectivity index (χ0) is 23.3. The highest BCUT2D eigenvalue weighted by atomic mass is 28.4. The molecule has 0 bridgehead atoms. The van der Waals surface area contributed by atoms with Crippen LogP contribution >= 0.6 is 0 Å². The van der Waals surface area contributed by atoms with E-state index in [2.05, 4.69) is 6.92 Å². The van der Waals surface area contributed by atoms with Gasteiger partial charge in [0.2, 0.25) is 5.91 Å². The van der Waals surface area contributed by atoms with Crippen LogP contribution in [0.1, 0.15) is 52.4 Å². The Bertz CT molecular complexity index is 432. The molecule has 0 heterocycles. The zero-order valence-electron chi connectivity index (χ0n) is 20.7. The van der Waals surface area contributed by atoms with Crippen molar-refractivity contribution in [3.05, 3.63) is 0 Å². The predicted molar refractivity (Wildman–Crippen MR) is 122 cm³/mol. The number of carbonyl (C=O) groups excluding carboxylic acids is 1. The maximum atomic E-state index is 11.7. The van der Waals surface area contributed by atoms with Gasteiger partial charge < -0.3 is 31.5 Å². The maximum Gasteiger partial charge on any atom is 0.500 e. The van der Waals surface area contributed by atoms with Crippen molar-refractivity contribution in [3.63, 3.8) is 0 Å². The molecule has 0 N–H and O–H groups in total. The summed E-state index contributed by atoms with van der Waals surface area (Å²) in [6, 6.07) is 1.54. The third kappa shape index (κ3) is 9.03. The van der Waals surface area contributed by atoms with Gasteiger partial charge in [-0.3, -0.25) is 4.79 Å². The monoisotopic (exact) mass is 467 g/mol. The van der Waals surface area contributed by atoms with Crippen LogP contribution in [0.2, 0.25) is 12.1 Å². The summed E-state index contributed by atoms with van der Waals surface area (Å²) in [7, 11) is 6.59. The van der Waals surface area contributed by atoms with E-state index in [1.54, 1.807) is 54.5 Å². The van der Waals surface area contributed by atoms with Crippen LogP contribution in [0.4, 0.5) is 0 Å². The smallest absolute Gasteiger partial charge is 0.377 e. The fraction of sp³-hybridized carbons (Fsp3) is 0.950. The van der Waals surface area contributed by atoms with Gasteiger partial charge in [0.25, 0.3) is 0 Å². The Morgan fingerprint density at radius 1 is 0.767 bits per heavy atom. The second-order valence-electron chi connectivity index (χ2n) is 7.84. The summed E-state index contributed by atoms with van der Waals surface area (Å²) in [5.41, 5.74) is 0.106. The van der Waals surface area contributed by atoms with E-state index in [0.29, 0.717) is 0 Å². The van der Waals surface area contributed by atoms with Crippen molar-refractivity contribution in [2.75, 3.05) is 56.3 Å². The molecule has 10 heteroatoms. The minimum Gasteiger partial charge on any atom is -0.377 e. The third-order valence-corrected chi connectivity index (χ3v) is 12.2. The molecular weight excluding hydrogens is 422 g/mol. The van der Waals surface area contributed by atoms with Crippen molar-refractivity contribution in [2.45, 2.75) is 64.5 Å². The van der Waals surface area contributed by atoms with Crippen LogP contribution in [0.25, 0.3) is 0 Å². The van der Waals surface area contributed by atoms with E-state index < -0.39 is 17.6 Å². The van der Waals surface area contributed by atoms with E-state index in [-0.39, 0.29) is 11.3 Å². The number of rotatable bonds is 18. The molecule has 8 nitrogen and oxygen atoms in total. The number of hydrogen-bond donors (Lipinski definition) is 0. The summed E-state index contributed by atoms with van der Waals surface area (Å²) in [6.45, 7) is 4.58. The van der Waals surface area contributed by atoms with Crippen molar-refractivity contribution in [2.24, 2.45) is 5.41 Å². The molecule has 0 aliphatic carbocycles. The quantitative estimate of drug-likeness (QED) is 0.285. The van der Waals surface area contributed by atoms with Crippen LogP contribution < -0.4 is 0 Å². The van der Waals surface area contributed by atoms with Crippen LogP contribution in [0.3, 0.4) is 0 Å². The first-order valence-electron chi connectivity index (χ1n) is 10.7. The topological polar surface area (TPSA) is 75.7 Å². The number of nitrogens with zero attached hydrogens (tertiary/aromatic N) is 1. The van der Waals surface area contributed by atoms with Crippen LogP contribution in [-0.2, 0) is 31.4 Å². The van der Waals surface area contributed by atoms with E-state index in [4.69, 9.17) is 26.6 Å². The molecular formula is C20H45NO7Si2. The minimum atomic E-state index is -2.59. The molecule has 180 valence electrons. The van der Waals surface area contributed by atoms with E-state index in [1.165, 1.54) is 0 Å². The average Bonchev–Trinajstić information content (AvgIpc) is 2.78. The van der Waals surface area contributed by atoms with Crippen molar-refractivity contribution in [1.82, 2.24) is 4.90 Å². The van der Waals surface area contributed by atoms with E-state index in [0.717, 1.165) is 57.2 Å². The fourth-order valence-electron chi connectivity index (χ4n) is 3.94. The molecule has 0 saturated heterocycles. The normalized spacial score (nSPS) is 13.0. The van der Waals surface area contributed by atoms with Gasteiger partial charge in [-0.25, -0.2) is 0 Å². The molecule has 0 radical (unpaired) electrons. The van der Waals surface area contributed by atoms with Gasteiger partial charge in [-0.2, -0.15) is 0 Å². The Hall–Kier alpha value is -0.336. The lowest BCUT2D eigenvalue weighted by Crippen LogP contribution is -2.43. The van der Waals surface area contributed by atoms with E-state index in [1.807, 2.05) is 7.05 Å². The van der Waals surface area contributed by atoms with Crippen molar-refractivity contribution in [1.29, 1.82) is 0 Å². The first-order chi connectivity index (χ1) is 14.2. The standard InChI is InChI=1S/C20H45NO7Si2/c1-10-20(15-16-21(3)19(2)22,13-11-17-29(23-4,24-5)25-6)14-12-18-30(26-7,27-8)28-9/h10-18H2,1-9H3. The molecule has 1 amide bonds. The van der Waals surface area contributed by atoms with Gasteiger partial charge in [0, 0.05) is 75.3 Å². The lowest BCUT2D eigenvalue weighted by molar-refractivity contribution is -0.127. The summed E-state index contributed by atoms with van der Waals surface area (Å²) in [6.07, 6.45) is 5.90.